The molecule has 0 fully saturated rings. The molecule has 0 spiro atoms. The van der Waals surface area contributed by atoms with Gasteiger partial charge in [-0.3, -0.25) is 4.98 Å². The molecule has 24 heavy (non-hydrogen) atoms. The molecular weight excluding hydrogens is 327 g/mol. The summed E-state index contributed by atoms with van der Waals surface area (Å²) < 4.78 is 26.2. The van der Waals surface area contributed by atoms with Crippen LogP contribution < -0.4 is 10.5 Å². The highest BCUT2D eigenvalue weighted by molar-refractivity contribution is 7.22. The highest BCUT2D eigenvalue weighted by Gasteiger charge is 2.14. The smallest absolute Gasteiger partial charge is 0.167 e. The fourth-order valence-electron chi connectivity index (χ4n) is 2.40. The minimum Gasteiger partial charge on any atom is -0.461 e. The van der Waals surface area contributed by atoms with E-state index in [1.807, 2.05) is 25.1 Å². The minimum absolute atomic E-state index is 0.125. The first-order chi connectivity index (χ1) is 11.6. The van der Waals surface area contributed by atoms with Gasteiger partial charge < -0.3 is 14.9 Å². The molecule has 0 bridgehead atoms. The first kappa shape index (κ1) is 14.7. The number of nitrogen functional groups attached to an aromatic ring is 1. The average Bonchev–Trinajstić information content (AvgIpc) is 3.16. The maximum atomic E-state index is 14.0. The van der Waals surface area contributed by atoms with Crippen LogP contribution in [0.25, 0.3) is 20.9 Å². The Bertz CT molecular complexity index is 1040. The number of pyridine rings is 1. The molecular formula is C18H13FN2O2S. The van der Waals surface area contributed by atoms with E-state index in [0.717, 1.165) is 26.6 Å². The van der Waals surface area contributed by atoms with Crippen LogP contribution in [0.2, 0.25) is 0 Å². The summed E-state index contributed by atoms with van der Waals surface area (Å²) in [5.74, 6) is 1.79. The van der Waals surface area contributed by atoms with Crippen LogP contribution in [-0.2, 0) is 0 Å². The number of aromatic nitrogens is 1. The van der Waals surface area contributed by atoms with Crippen molar-refractivity contribution in [3.63, 3.8) is 0 Å². The topological polar surface area (TPSA) is 61.3 Å². The average molecular weight is 340 g/mol. The fraction of sp³-hybridized carbons (Fsp3) is 0.0556. The number of rotatable bonds is 3. The Hall–Kier alpha value is -2.86. The van der Waals surface area contributed by atoms with Crippen molar-refractivity contribution in [1.82, 2.24) is 4.98 Å². The number of thiophene rings is 1. The van der Waals surface area contributed by atoms with Crippen LogP contribution >= 0.6 is 11.3 Å². The van der Waals surface area contributed by atoms with E-state index in [4.69, 9.17) is 14.9 Å². The number of nitrogens with two attached hydrogens (primary N) is 1. The number of fused-ring (bicyclic) bond motifs is 1. The molecule has 120 valence electrons. The number of benzene rings is 1. The molecule has 0 aliphatic carbocycles. The molecule has 3 heterocycles. The summed E-state index contributed by atoms with van der Waals surface area (Å²) in [5.41, 5.74) is 6.70. The fourth-order valence-corrected chi connectivity index (χ4v) is 3.43. The van der Waals surface area contributed by atoms with E-state index in [9.17, 15) is 4.39 Å². The third-order valence-electron chi connectivity index (χ3n) is 3.53. The number of anilines is 1. The van der Waals surface area contributed by atoms with E-state index in [1.54, 1.807) is 18.3 Å². The van der Waals surface area contributed by atoms with Crippen molar-refractivity contribution < 1.29 is 13.5 Å². The zero-order valence-electron chi connectivity index (χ0n) is 12.7. The highest BCUT2D eigenvalue weighted by Crippen LogP contribution is 2.40. The lowest BCUT2D eigenvalue weighted by Gasteiger charge is -2.07. The number of ether oxygens (including phenoxy) is 1. The monoisotopic (exact) mass is 340 g/mol. The molecule has 4 rings (SSSR count). The molecule has 0 unspecified atom stereocenters. The van der Waals surface area contributed by atoms with Crippen molar-refractivity contribution >= 4 is 27.2 Å². The molecule has 0 atom stereocenters. The number of hydrogen-bond donors (Lipinski definition) is 1. The lowest BCUT2D eigenvalue weighted by molar-refractivity contribution is 0.447. The Morgan fingerprint density at radius 3 is 2.75 bits per heavy atom. The van der Waals surface area contributed by atoms with Crippen molar-refractivity contribution in [2.75, 3.05) is 5.73 Å². The van der Waals surface area contributed by atoms with E-state index in [0.29, 0.717) is 11.4 Å². The summed E-state index contributed by atoms with van der Waals surface area (Å²) in [4.78, 5) is 5.29. The summed E-state index contributed by atoms with van der Waals surface area (Å²) in [6.07, 6.45) is 1.64. The van der Waals surface area contributed by atoms with E-state index < -0.39 is 5.82 Å². The van der Waals surface area contributed by atoms with Gasteiger partial charge in [0.25, 0.3) is 0 Å². The Morgan fingerprint density at radius 1 is 1.12 bits per heavy atom. The first-order valence-corrected chi connectivity index (χ1v) is 8.10. The van der Waals surface area contributed by atoms with Crippen LogP contribution in [0, 0.1) is 12.7 Å². The molecule has 3 aromatic heterocycles. The molecule has 0 radical (unpaired) electrons. The zero-order valence-corrected chi connectivity index (χ0v) is 13.6. The van der Waals surface area contributed by atoms with Crippen molar-refractivity contribution in [3.8, 4) is 22.1 Å². The van der Waals surface area contributed by atoms with Crippen molar-refractivity contribution in [2.45, 2.75) is 6.92 Å². The predicted octanol–water partition coefficient (Wildman–Crippen LogP) is 5.38. The number of halogens is 1. The quantitative estimate of drug-likeness (QED) is 0.509. The Balaban J connectivity index is 1.77. The maximum Gasteiger partial charge on any atom is 0.167 e. The number of aryl methyl sites for hydroxylation is 1. The van der Waals surface area contributed by atoms with Crippen molar-refractivity contribution in [3.05, 3.63) is 60.2 Å². The van der Waals surface area contributed by atoms with E-state index in [2.05, 4.69) is 4.98 Å². The summed E-state index contributed by atoms with van der Waals surface area (Å²) >= 11 is 1.49. The van der Waals surface area contributed by atoms with Gasteiger partial charge in [0.1, 0.15) is 17.3 Å². The lowest BCUT2D eigenvalue weighted by atomic mass is 10.3. The second kappa shape index (κ2) is 5.65. The molecule has 4 nitrogen and oxygen atoms in total. The van der Waals surface area contributed by atoms with Crippen LogP contribution in [0.15, 0.2) is 53.1 Å². The van der Waals surface area contributed by atoms with Crippen LogP contribution in [0.4, 0.5) is 10.1 Å². The second-order valence-corrected chi connectivity index (χ2v) is 6.39. The molecule has 0 saturated carbocycles. The van der Waals surface area contributed by atoms with E-state index >= 15 is 0 Å². The van der Waals surface area contributed by atoms with Crippen molar-refractivity contribution in [1.29, 1.82) is 0 Å². The van der Waals surface area contributed by atoms with Gasteiger partial charge in [0.2, 0.25) is 0 Å². The summed E-state index contributed by atoms with van der Waals surface area (Å²) in [6.45, 7) is 1.90. The molecule has 1 aromatic carbocycles. The second-order valence-electron chi connectivity index (χ2n) is 5.34. The number of furan rings is 1. The normalized spacial score (nSPS) is 11.1. The van der Waals surface area contributed by atoms with Crippen LogP contribution in [0.3, 0.4) is 0 Å². The van der Waals surface area contributed by atoms with E-state index in [-0.39, 0.29) is 5.75 Å². The summed E-state index contributed by atoms with van der Waals surface area (Å²) in [5, 5.41) is 0. The Kier molecular flexibility index (Phi) is 3.46. The van der Waals surface area contributed by atoms with Crippen LogP contribution in [0.5, 0.6) is 11.5 Å². The number of hydrogen-bond acceptors (Lipinski definition) is 5. The van der Waals surface area contributed by atoms with Crippen LogP contribution in [0.1, 0.15) is 5.76 Å². The Labute approximate surface area is 141 Å². The molecule has 6 heteroatoms. The molecule has 0 amide bonds. The third-order valence-corrected chi connectivity index (χ3v) is 4.69. The number of nitrogens with zero attached hydrogens (tertiary/aromatic N) is 1. The third kappa shape index (κ3) is 2.61. The summed E-state index contributed by atoms with van der Waals surface area (Å²) in [7, 11) is 0. The van der Waals surface area contributed by atoms with Gasteiger partial charge in [-0.2, -0.15) is 0 Å². The first-order valence-electron chi connectivity index (χ1n) is 7.28. The zero-order chi connectivity index (χ0) is 16.7. The SMILES string of the molecule is Cc1ccc(-c2cc3nccc(Oc4ccc(N)cc4F)c3s2)o1. The van der Waals surface area contributed by atoms with Gasteiger partial charge in [-0.05, 0) is 37.3 Å². The van der Waals surface area contributed by atoms with Crippen LogP contribution in [-0.4, -0.2) is 4.98 Å². The molecule has 2 N–H and O–H groups in total. The molecule has 4 aromatic rings. The molecule has 0 saturated heterocycles. The van der Waals surface area contributed by atoms with Gasteiger partial charge in [-0.1, -0.05) is 0 Å². The predicted molar refractivity (Wildman–Crippen MR) is 92.9 cm³/mol. The largest absolute Gasteiger partial charge is 0.461 e. The molecule has 0 aliphatic heterocycles. The van der Waals surface area contributed by atoms with Gasteiger partial charge in [-0.25, -0.2) is 4.39 Å². The Morgan fingerprint density at radius 2 is 2.00 bits per heavy atom. The lowest BCUT2D eigenvalue weighted by Crippen LogP contribution is -1.91. The van der Waals surface area contributed by atoms with Gasteiger partial charge in [-0.15, -0.1) is 11.3 Å². The van der Waals surface area contributed by atoms with Gasteiger partial charge in [0, 0.05) is 24.0 Å². The highest BCUT2D eigenvalue weighted by atomic mass is 32.1. The maximum absolute atomic E-state index is 14.0. The van der Waals surface area contributed by atoms with E-state index in [1.165, 1.54) is 23.5 Å². The van der Waals surface area contributed by atoms with Gasteiger partial charge in [0.05, 0.1) is 15.1 Å². The van der Waals surface area contributed by atoms with Crippen molar-refractivity contribution in [2.24, 2.45) is 0 Å². The van der Waals surface area contributed by atoms with Gasteiger partial charge >= 0.3 is 0 Å². The van der Waals surface area contributed by atoms with Gasteiger partial charge in [0.15, 0.2) is 11.6 Å². The summed E-state index contributed by atoms with van der Waals surface area (Å²) in [6, 6.07) is 11.8. The minimum atomic E-state index is -0.501. The molecule has 0 aliphatic rings. The standard InChI is InChI=1S/C18H13FN2O2S/c1-10-2-4-15(22-10)17-9-13-18(24-17)16(6-7-21-13)23-14-5-3-11(20)8-12(14)19/h2-9H,20H2,1H3.